The molecule has 58 valence electrons. The van der Waals surface area contributed by atoms with E-state index in [1.54, 1.807) is 11.1 Å². The molecule has 0 N–H and O–H groups in total. The molecule has 10 heavy (non-hydrogen) atoms. The Morgan fingerprint density at radius 2 is 1.10 bits per heavy atom. The number of hydrogen-bond donors (Lipinski definition) is 0. The first-order valence-corrected chi connectivity index (χ1v) is 4.23. The van der Waals surface area contributed by atoms with Crippen LogP contribution in [0.25, 0.3) is 0 Å². The summed E-state index contributed by atoms with van der Waals surface area (Å²) in [4.78, 5) is 0. The first kappa shape index (κ1) is 7.84. The minimum absolute atomic E-state index is 0.815. The highest BCUT2D eigenvalue weighted by molar-refractivity contribution is 5.22. The molecule has 1 unspecified atom stereocenters. The highest BCUT2D eigenvalue weighted by atomic mass is 14.3. The van der Waals surface area contributed by atoms with E-state index in [1.807, 2.05) is 0 Å². The molecule has 0 aromatic carbocycles. The van der Waals surface area contributed by atoms with Crippen molar-refractivity contribution >= 4 is 0 Å². The van der Waals surface area contributed by atoms with Crippen LogP contribution in [-0.2, 0) is 0 Å². The molecule has 0 spiro atoms. The number of rotatable bonds is 0. The molecule has 0 radical (unpaired) electrons. The molecule has 0 saturated carbocycles. The smallest absolute Gasteiger partial charge is 0.0200 e. The Morgan fingerprint density at radius 3 is 1.20 bits per heavy atom. The Balaban J connectivity index is 2.88. The van der Waals surface area contributed by atoms with Gasteiger partial charge in [-0.25, -0.2) is 0 Å². The third-order valence-electron chi connectivity index (χ3n) is 3.57. The lowest BCUT2D eigenvalue weighted by Crippen LogP contribution is -2.08. The largest absolute Gasteiger partial charge is 0.0710 e. The van der Waals surface area contributed by atoms with Crippen molar-refractivity contribution in [2.45, 2.75) is 34.6 Å². The van der Waals surface area contributed by atoms with Crippen molar-refractivity contribution in [1.29, 1.82) is 0 Å². The van der Waals surface area contributed by atoms with Crippen molar-refractivity contribution in [3.63, 3.8) is 0 Å². The van der Waals surface area contributed by atoms with Gasteiger partial charge in [0.25, 0.3) is 0 Å². The zero-order chi connectivity index (χ0) is 7.89. The van der Waals surface area contributed by atoms with Crippen LogP contribution >= 0.6 is 0 Å². The van der Waals surface area contributed by atoms with E-state index in [-0.39, 0.29) is 0 Å². The van der Waals surface area contributed by atoms with Gasteiger partial charge in [-0.15, -0.1) is 0 Å². The zero-order valence-corrected chi connectivity index (χ0v) is 7.73. The normalized spacial score (nSPS) is 41.1. The summed E-state index contributed by atoms with van der Waals surface area (Å²) in [6.45, 7) is 11.6. The Labute approximate surface area is 64.3 Å². The Morgan fingerprint density at radius 1 is 0.800 bits per heavy atom. The summed E-state index contributed by atoms with van der Waals surface area (Å²) in [5.74, 6) is 2.49. The van der Waals surface area contributed by atoms with Crippen LogP contribution in [0.5, 0.6) is 0 Å². The van der Waals surface area contributed by atoms with Crippen molar-refractivity contribution in [1.82, 2.24) is 0 Å². The van der Waals surface area contributed by atoms with Gasteiger partial charge >= 0.3 is 0 Å². The lowest BCUT2D eigenvalue weighted by Gasteiger charge is -2.15. The molecule has 0 aliphatic heterocycles. The second-order valence-electron chi connectivity index (χ2n) is 3.80. The molecule has 0 aromatic heterocycles. The molecule has 0 heteroatoms. The molecule has 3 atom stereocenters. The molecule has 0 heterocycles. The molecule has 1 rings (SSSR count). The summed E-state index contributed by atoms with van der Waals surface area (Å²) in [5, 5.41) is 0. The van der Waals surface area contributed by atoms with Gasteiger partial charge in [0.05, 0.1) is 0 Å². The zero-order valence-electron chi connectivity index (χ0n) is 7.73. The highest BCUT2D eigenvalue weighted by Gasteiger charge is 2.29. The Hall–Kier alpha value is -0.260. The summed E-state index contributed by atoms with van der Waals surface area (Å²) < 4.78 is 0. The van der Waals surface area contributed by atoms with Crippen molar-refractivity contribution in [2.75, 3.05) is 0 Å². The maximum absolute atomic E-state index is 2.36. The lowest BCUT2D eigenvalue weighted by molar-refractivity contribution is 0.390. The fourth-order valence-electron chi connectivity index (χ4n) is 1.94. The summed E-state index contributed by atoms with van der Waals surface area (Å²) in [6, 6.07) is 0. The summed E-state index contributed by atoms with van der Waals surface area (Å²) in [7, 11) is 0. The van der Waals surface area contributed by atoms with Crippen LogP contribution in [0.4, 0.5) is 0 Å². The van der Waals surface area contributed by atoms with Gasteiger partial charge in [0, 0.05) is 0 Å². The van der Waals surface area contributed by atoms with Gasteiger partial charge in [0.1, 0.15) is 0 Å². The molecule has 0 aromatic rings. The topological polar surface area (TPSA) is 0 Å². The summed E-state index contributed by atoms with van der Waals surface area (Å²) in [6.07, 6.45) is 0. The van der Waals surface area contributed by atoms with E-state index >= 15 is 0 Å². The molecule has 1 aliphatic rings. The van der Waals surface area contributed by atoms with E-state index in [4.69, 9.17) is 0 Å². The van der Waals surface area contributed by atoms with Crippen LogP contribution in [0, 0.1) is 17.8 Å². The van der Waals surface area contributed by atoms with E-state index in [2.05, 4.69) is 34.6 Å². The second kappa shape index (κ2) is 2.41. The quantitative estimate of drug-likeness (QED) is 0.451. The minimum Gasteiger partial charge on any atom is -0.0710 e. The third kappa shape index (κ3) is 0.902. The monoisotopic (exact) mass is 138 g/mol. The van der Waals surface area contributed by atoms with Crippen molar-refractivity contribution in [2.24, 2.45) is 17.8 Å². The predicted octanol–water partition coefficient (Wildman–Crippen LogP) is 3.24. The first-order valence-electron chi connectivity index (χ1n) is 4.23. The van der Waals surface area contributed by atoms with Gasteiger partial charge in [0.2, 0.25) is 0 Å². The molecule has 1 aliphatic carbocycles. The maximum atomic E-state index is 2.36. The van der Waals surface area contributed by atoms with E-state index in [1.165, 1.54) is 0 Å². The molecule has 0 amide bonds. The van der Waals surface area contributed by atoms with Gasteiger partial charge in [-0.05, 0) is 31.6 Å². The lowest BCUT2D eigenvalue weighted by atomic mass is 9.90. The molecular weight excluding hydrogens is 120 g/mol. The maximum Gasteiger partial charge on any atom is -0.0200 e. The predicted molar refractivity (Wildman–Crippen MR) is 45.9 cm³/mol. The van der Waals surface area contributed by atoms with Gasteiger partial charge < -0.3 is 0 Å². The Kier molecular flexibility index (Phi) is 1.89. The summed E-state index contributed by atoms with van der Waals surface area (Å²) in [5.41, 5.74) is 3.25. The van der Waals surface area contributed by atoms with Crippen molar-refractivity contribution < 1.29 is 0 Å². The van der Waals surface area contributed by atoms with E-state index in [0.29, 0.717) is 0 Å². The van der Waals surface area contributed by atoms with Crippen LogP contribution in [0.1, 0.15) is 34.6 Å². The van der Waals surface area contributed by atoms with Crippen molar-refractivity contribution in [3.05, 3.63) is 11.1 Å². The number of hydrogen-bond acceptors (Lipinski definition) is 0. The van der Waals surface area contributed by atoms with Crippen LogP contribution < -0.4 is 0 Å². The average Bonchev–Trinajstić information content (AvgIpc) is 2.07. The van der Waals surface area contributed by atoms with Crippen LogP contribution in [0.2, 0.25) is 0 Å². The van der Waals surface area contributed by atoms with Crippen LogP contribution in [0.15, 0.2) is 11.1 Å². The molecular formula is C10H18. The van der Waals surface area contributed by atoms with E-state index in [0.717, 1.165) is 17.8 Å². The van der Waals surface area contributed by atoms with Gasteiger partial charge in [-0.3, -0.25) is 0 Å². The second-order valence-corrected chi connectivity index (χ2v) is 3.80. The minimum atomic E-state index is 0.815. The van der Waals surface area contributed by atoms with Gasteiger partial charge in [-0.1, -0.05) is 31.9 Å². The Bertz CT molecular complexity index is 147. The average molecular weight is 138 g/mol. The van der Waals surface area contributed by atoms with Crippen LogP contribution in [-0.4, -0.2) is 0 Å². The van der Waals surface area contributed by atoms with E-state index < -0.39 is 0 Å². The molecule has 0 fully saturated rings. The first-order chi connectivity index (χ1) is 4.55. The fraction of sp³-hybridized carbons (Fsp3) is 0.800. The molecule has 0 bridgehead atoms. The highest BCUT2D eigenvalue weighted by Crippen LogP contribution is 2.40. The molecule has 0 nitrogen and oxygen atoms in total. The van der Waals surface area contributed by atoms with E-state index in [9.17, 15) is 0 Å². The standard InChI is InChI=1S/C10H18/c1-6-7(2)9(4)10(5)8(6)3/h6-8H,1-5H3/t6?,7-,8+. The summed E-state index contributed by atoms with van der Waals surface area (Å²) >= 11 is 0. The van der Waals surface area contributed by atoms with Crippen molar-refractivity contribution in [3.8, 4) is 0 Å². The van der Waals surface area contributed by atoms with Crippen LogP contribution in [0.3, 0.4) is 0 Å². The molecule has 0 saturated heterocycles. The third-order valence-corrected chi connectivity index (χ3v) is 3.57. The van der Waals surface area contributed by atoms with Gasteiger partial charge in [0.15, 0.2) is 0 Å². The SMILES string of the molecule is CC1=C(C)[C@H](C)C(C)[C@@H]1C. The number of allylic oxidation sites excluding steroid dienone is 2. The fourth-order valence-corrected chi connectivity index (χ4v) is 1.94. The van der Waals surface area contributed by atoms with Gasteiger partial charge in [-0.2, -0.15) is 0 Å².